The smallest absolute Gasteiger partial charge is 0.202 e. The first kappa shape index (κ1) is 11.7. The predicted octanol–water partition coefficient (Wildman–Crippen LogP) is 2.23. The minimum Gasteiger partial charge on any atom is -0.461 e. The van der Waals surface area contributed by atoms with E-state index in [9.17, 15) is 5.11 Å². The number of aromatic nitrogens is 3. The summed E-state index contributed by atoms with van der Waals surface area (Å²) in [4.78, 5) is 4.10. The Morgan fingerprint density at radius 2 is 2.32 bits per heavy atom. The van der Waals surface area contributed by atoms with Crippen molar-refractivity contribution in [2.45, 2.75) is 19.6 Å². The molecule has 6 nitrogen and oxygen atoms in total. The number of hydrogen-bond donors (Lipinski definition) is 1. The topological polar surface area (TPSA) is 77.2 Å². The number of aliphatic hydroxyl groups is 1. The molecule has 0 aliphatic carbocycles. The van der Waals surface area contributed by atoms with Crippen molar-refractivity contribution in [2.75, 3.05) is 0 Å². The molecule has 1 N–H and O–H groups in total. The average molecular weight is 259 g/mol. The number of rotatable bonds is 4. The summed E-state index contributed by atoms with van der Waals surface area (Å²) in [6.45, 7) is 2.17. The summed E-state index contributed by atoms with van der Waals surface area (Å²) in [5.41, 5.74) is 0.742. The van der Waals surface area contributed by atoms with Gasteiger partial charge < -0.3 is 18.6 Å². The molecule has 98 valence electrons. The van der Waals surface area contributed by atoms with Crippen molar-refractivity contribution in [3.05, 3.63) is 48.4 Å². The maximum atomic E-state index is 9.58. The van der Waals surface area contributed by atoms with Gasteiger partial charge in [0.15, 0.2) is 5.76 Å². The van der Waals surface area contributed by atoms with E-state index in [1.54, 1.807) is 31.6 Å². The van der Waals surface area contributed by atoms with Crippen LogP contribution >= 0.6 is 0 Å². The van der Waals surface area contributed by atoms with Crippen molar-refractivity contribution in [3.8, 4) is 11.5 Å². The highest BCUT2D eigenvalue weighted by Gasteiger charge is 2.13. The van der Waals surface area contributed by atoms with Crippen LogP contribution in [0.3, 0.4) is 0 Å². The molecule has 3 aromatic rings. The Bertz CT molecular complexity index is 652. The second kappa shape index (κ2) is 4.74. The van der Waals surface area contributed by atoms with Crippen LogP contribution in [0.25, 0.3) is 11.5 Å². The van der Waals surface area contributed by atoms with Gasteiger partial charge in [0.25, 0.3) is 0 Å². The summed E-state index contributed by atoms with van der Waals surface area (Å²) < 4.78 is 12.3. The zero-order valence-corrected chi connectivity index (χ0v) is 10.4. The lowest BCUT2D eigenvalue weighted by Gasteiger charge is -2.07. The van der Waals surface area contributed by atoms with Crippen molar-refractivity contribution < 1.29 is 14.0 Å². The fourth-order valence-corrected chi connectivity index (χ4v) is 1.92. The molecular formula is C13H13N3O3. The fraction of sp³-hybridized carbons (Fsp3) is 0.231. The Morgan fingerprint density at radius 1 is 1.42 bits per heavy atom. The van der Waals surface area contributed by atoms with Crippen LogP contribution in [0.4, 0.5) is 0 Å². The Hall–Kier alpha value is -2.34. The van der Waals surface area contributed by atoms with E-state index in [2.05, 4.69) is 10.1 Å². The maximum Gasteiger partial charge on any atom is 0.202 e. The number of hydrogen-bond acceptors (Lipinski definition) is 5. The van der Waals surface area contributed by atoms with Gasteiger partial charge in [0, 0.05) is 18.5 Å². The van der Waals surface area contributed by atoms with Gasteiger partial charge in [-0.15, -0.1) is 0 Å². The van der Waals surface area contributed by atoms with Crippen LogP contribution in [0.15, 0.2) is 45.8 Å². The third-order valence-corrected chi connectivity index (χ3v) is 2.78. The van der Waals surface area contributed by atoms with Crippen LogP contribution in [-0.4, -0.2) is 19.8 Å². The van der Waals surface area contributed by atoms with Crippen molar-refractivity contribution in [1.29, 1.82) is 0 Å². The van der Waals surface area contributed by atoms with Gasteiger partial charge in [0.05, 0.1) is 12.8 Å². The first-order valence-corrected chi connectivity index (χ1v) is 5.92. The average Bonchev–Trinajstić information content (AvgIpc) is 3.09. The number of furan rings is 1. The van der Waals surface area contributed by atoms with Crippen LogP contribution < -0.4 is 0 Å². The lowest BCUT2D eigenvalue weighted by atomic mass is 10.3. The van der Waals surface area contributed by atoms with E-state index in [4.69, 9.17) is 8.94 Å². The summed E-state index contributed by atoms with van der Waals surface area (Å²) in [7, 11) is 0. The molecule has 6 heteroatoms. The minimum atomic E-state index is -0.619. The number of imidazole rings is 1. The summed E-state index contributed by atoms with van der Waals surface area (Å²) in [5.74, 6) is 1.82. The molecule has 0 fully saturated rings. The first-order chi connectivity index (χ1) is 9.24. The third-order valence-electron chi connectivity index (χ3n) is 2.78. The van der Waals surface area contributed by atoms with Crippen LogP contribution in [0, 0.1) is 0 Å². The zero-order chi connectivity index (χ0) is 13.2. The summed E-state index contributed by atoms with van der Waals surface area (Å²) >= 11 is 0. The molecule has 0 aliphatic rings. The summed E-state index contributed by atoms with van der Waals surface area (Å²) in [6.07, 6.45) is 4.41. The van der Waals surface area contributed by atoms with Crippen LogP contribution in [-0.2, 0) is 6.54 Å². The summed E-state index contributed by atoms with van der Waals surface area (Å²) in [5, 5.41) is 13.6. The molecule has 0 spiro atoms. The van der Waals surface area contributed by atoms with Gasteiger partial charge in [-0.2, -0.15) is 0 Å². The molecule has 0 saturated carbocycles. The standard InChI is InChI=1S/C13H13N3O3/c1-9(17)13-14-4-5-16(13)8-10-7-12(19-15-10)11-3-2-6-18-11/h2-7,9,17H,8H2,1H3. The van der Waals surface area contributed by atoms with Crippen LogP contribution in [0.1, 0.15) is 24.5 Å². The predicted molar refractivity (Wildman–Crippen MR) is 66.2 cm³/mol. The second-order valence-corrected chi connectivity index (χ2v) is 4.25. The molecule has 1 unspecified atom stereocenters. The molecule has 0 saturated heterocycles. The summed E-state index contributed by atoms with van der Waals surface area (Å²) in [6, 6.07) is 5.41. The van der Waals surface area contributed by atoms with Crippen LogP contribution in [0.5, 0.6) is 0 Å². The van der Waals surface area contributed by atoms with E-state index >= 15 is 0 Å². The normalized spacial score (nSPS) is 12.7. The first-order valence-electron chi connectivity index (χ1n) is 5.92. The highest BCUT2D eigenvalue weighted by Crippen LogP contribution is 2.21. The van der Waals surface area contributed by atoms with Crippen molar-refractivity contribution >= 4 is 0 Å². The van der Waals surface area contributed by atoms with Gasteiger partial charge in [-0.05, 0) is 19.1 Å². The molecule has 0 amide bonds. The number of aliphatic hydroxyl groups excluding tert-OH is 1. The molecule has 3 heterocycles. The lowest BCUT2D eigenvalue weighted by molar-refractivity contribution is 0.184. The van der Waals surface area contributed by atoms with Crippen molar-refractivity contribution in [2.24, 2.45) is 0 Å². The van der Waals surface area contributed by atoms with Gasteiger partial charge >= 0.3 is 0 Å². The highest BCUT2D eigenvalue weighted by molar-refractivity contribution is 5.49. The molecule has 1 atom stereocenters. The number of nitrogens with zero attached hydrogens (tertiary/aromatic N) is 3. The minimum absolute atomic E-state index is 0.491. The van der Waals surface area contributed by atoms with Gasteiger partial charge in [-0.1, -0.05) is 5.16 Å². The zero-order valence-electron chi connectivity index (χ0n) is 10.4. The molecule has 3 aromatic heterocycles. The molecule has 3 rings (SSSR count). The molecule has 0 aliphatic heterocycles. The third kappa shape index (κ3) is 2.30. The van der Waals surface area contributed by atoms with E-state index in [0.29, 0.717) is 23.9 Å². The fourth-order valence-electron chi connectivity index (χ4n) is 1.92. The van der Waals surface area contributed by atoms with Crippen molar-refractivity contribution in [3.63, 3.8) is 0 Å². The Labute approximate surface area is 109 Å². The quantitative estimate of drug-likeness (QED) is 0.777. The molecule has 0 radical (unpaired) electrons. The molecule has 0 bridgehead atoms. The SMILES string of the molecule is CC(O)c1nccn1Cc1cc(-c2ccco2)on1. The van der Waals surface area contributed by atoms with Gasteiger partial charge in [-0.3, -0.25) is 0 Å². The van der Waals surface area contributed by atoms with E-state index in [1.165, 1.54) is 0 Å². The second-order valence-electron chi connectivity index (χ2n) is 4.25. The maximum absolute atomic E-state index is 9.58. The highest BCUT2D eigenvalue weighted by atomic mass is 16.5. The molecule has 19 heavy (non-hydrogen) atoms. The largest absolute Gasteiger partial charge is 0.461 e. The Morgan fingerprint density at radius 3 is 3.05 bits per heavy atom. The molecule has 0 aromatic carbocycles. The van der Waals surface area contributed by atoms with Gasteiger partial charge in [-0.25, -0.2) is 4.98 Å². The Balaban J connectivity index is 1.82. The Kier molecular flexibility index (Phi) is 2.92. The van der Waals surface area contributed by atoms with Gasteiger partial charge in [0.2, 0.25) is 5.76 Å². The van der Waals surface area contributed by atoms with E-state index < -0.39 is 6.10 Å². The van der Waals surface area contributed by atoms with E-state index in [1.807, 2.05) is 16.7 Å². The van der Waals surface area contributed by atoms with E-state index in [0.717, 1.165) is 5.69 Å². The molecular weight excluding hydrogens is 246 g/mol. The lowest BCUT2D eigenvalue weighted by Crippen LogP contribution is -2.07. The monoisotopic (exact) mass is 259 g/mol. The van der Waals surface area contributed by atoms with E-state index in [-0.39, 0.29) is 0 Å². The van der Waals surface area contributed by atoms with Crippen LogP contribution in [0.2, 0.25) is 0 Å². The van der Waals surface area contributed by atoms with Crippen molar-refractivity contribution in [1.82, 2.24) is 14.7 Å². The van der Waals surface area contributed by atoms with Gasteiger partial charge in [0.1, 0.15) is 17.6 Å².